The number of fused-ring (bicyclic) bond motifs is 1. The molecular weight excluding hydrogens is 231 g/mol. The van der Waals surface area contributed by atoms with Gasteiger partial charge in [-0.15, -0.1) is 0 Å². The normalized spacial score (nSPS) is 20.2. The monoisotopic (exact) mass is 243 g/mol. The molecule has 2 heterocycles. The van der Waals surface area contributed by atoms with Gasteiger partial charge in [-0.25, -0.2) is 9.97 Å². The maximum Gasteiger partial charge on any atom is 0.451 e. The van der Waals surface area contributed by atoms with Crippen molar-refractivity contribution in [3.8, 4) is 0 Å². The lowest BCUT2D eigenvalue weighted by Crippen LogP contribution is -2.28. The number of hydrogen-bond donors (Lipinski definition) is 1. The molecule has 17 heavy (non-hydrogen) atoms. The van der Waals surface area contributed by atoms with Crippen LogP contribution in [0.3, 0.4) is 0 Å². The zero-order valence-corrected chi connectivity index (χ0v) is 9.14. The maximum atomic E-state index is 12.7. The van der Waals surface area contributed by atoms with Crippen molar-refractivity contribution in [2.45, 2.75) is 37.9 Å². The second-order valence-electron chi connectivity index (χ2n) is 4.56. The molecule has 0 bridgehead atoms. The van der Waals surface area contributed by atoms with Gasteiger partial charge in [0, 0.05) is 12.5 Å². The molecule has 1 N–H and O–H groups in total. The summed E-state index contributed by atoms with van der Waals surface area (Å²) < 4.78 is 38.0. The minimum Gasteiger partial charge on any atom is -0.311 e. The molecule has 3 rings (SSSR count). The Morgan fingerprint density at radius 1 is 1.18 bits per heavy atom. The topological polar surface area (TPSA) is 37.8 Å². The summed E-state index contributed by atoms with van der Waals surface area (Å²) in [7, 11) is 0. The van der Waals surface area contributed by atoms with Crippen LogP contribution in [-0.2, 0) is 19.1 Å². The van der Waals surface area contributed by atoms with Crippen LogP contribution in [0.25, 0.3) is 0 Å². The van der Waals surface area contributed by atoms with Crippen LogP contribution in [0.15, 0.2) is 0 Å². The highest BCUT2D eigenvalue weighted by atomic mass is 19.4. The molecule has 3 nitrogen and oxygen atoms in total. The van der Waals surface area contributed by atoms with Gasteiger partial charge in [-0.05, 0) is 31.4 Å². The highest BCUT2D eigenvalue weighted by molar-refractivity contribution is 5.33. The fourth-order valence-electron chi connectivity index (χ4n) is 2.21. The first-order valence-corrected chi connectivity index (χ1v) is 5.73. The first kappa shape index (κ1) is 11.0. The zero-order chi connectivity index (χ0) is 12.0. The molecule has 6 heteroatoms. The number of aromatic nitrogens is 2. The summed E-state index contributed by atoms with van der Waals surface area (Å²) in [6.45, 7) is 1.21. The van der Waals surface area contributed by atoms with Gasteiger partial charge in [0.2, 0.25) is 5.82 Å². The van der Waals surface area contributed by atoms with Gasteiger partial charge in [0.25, 0.3) is 0 Å². The van der Waals surface area contributed by atoms with Crippen LogP contribution in [0.5, 0.6) is 0 Å². The SMILES string of the molecule is FC(F)(F)c1nc2c(c(C3CC3)n1)CCNC2. The van der Waals surface area contributed by atoms with E-state index in [-0.39, 0.29) is 5.92 Å². The van der Waals surface area contributed by atoms with Crippen LogP contribution in [0, 0.1) is 0 Å². The highest BCUT2D eigenvalue weighted by Gasteiger charge is 2.39. The number of nitrogens with zero attached hydrogens (tertiary/aromatic N) is 2. The fourth-order valence-corrected chi connectivity index (χ4v) is 2.21. The van der Waals surface area contributed by atoms with Crippen molar-refractivity contribution in [1.82, 2.24) is 15.3 Å². The third-order valence-electron chi connectivity index (χ3n) is 3.19. The number of rotatable bonds is 1. The van der Waals surface area contributed by atoms with Crippen molar-refractivity contribution < 1.29 is 13.2 Å². The summed E-state index contributed by atoms with van der Waals surface area (Å²) in [5.74, 6) is -0.757. The first-order valence-electron chi connectivity index (χ1n) is 5.73. The van der Waals surface area contributed by atoms with Gasteiger partial charge in [0.1, 0.15) is 0 Å². The maximum absolute atomic E-state index is 12.7. The van der Waals surface area contributed by atoms with E-state index in [4.69, 9.17) is 0 Å². The second kappa shape index (κ2) is 3.66. The Hall–Kier alpha value is -1.17. The Bertz CT molecular complexity index is 452. The molecule has 1 aromatic rings. The largest absolute Gasteiger partial charge is 0.451 e. The molecule has 0 saturated heterocycles. The lowest BCUT2D eigenvalue weighted by molar-refractivity contribution is -0.145. The number of nitrogens with one attached hydrogen (secondary N) is 1. The summed E-state index contributed by atoms with van der Waals surface area (Å²) in [6.07, 6.45) is -1.81. The molecule has 0 unspecified atom stereocenters. The Labute approximate surface area is 96.5 Å². The van der Waals surface area contributed by atoms with Gasteiger partial charge in [-0.2, -0.15) is 13.2 Å². The first-order chi connectivity index (χ1) is 8.05. The minimum absolute atomic E-state index is 0.228. The third kappa shape index (κ3) is 2.01. The molecule has 2 aliphatic rings. The van der Waals surface area contributed by atoms with Gasteiger partial charge in [0.15, 0.2) is 0 Å². The van der Waals surface area contributed by atoms with Crippen molar-refractivity contribution in [3.05, 3.63) is 22.8 Å². The van der Waals surface area contributed by atoms with Gasteiger partial charge >= 0.3 is 6.18 Å². The van der Waals surface area contributed by atoms with Crippen LogP contribution in [0.1, 0.15) is 41.5 Å². The Morgan fingerprint density at radius 3 is 2.59 bits per heavy atom. The second-order valence-corrected chi connectivity index (χ2v) is 4.56. The van der Waals surface area contributed by atoms with E-state index in [1.54, 1.807) is 0 Å². The van der Waals surface area contributed by atoms with E-state index >= 15 is 0 Å². The van der Waals surface area contributed by atoms with Crippen molar-refractivity contribution in [3.63, 3.8) is 0 Å². The number of alkyl halides is 3. The van der Waals surface area contributed by atoms with Crippen molar-refractivity contribution in [2.75, 3.05) is 6.54 Å². The van der Waals surface area contributed by atoms with Crippen molar-refractivity contribution in [2.24, 2.45) is 0 Å². The molecule has 1 fully saturated rings. The quantitative estimate of drug-likeness (QED) is 0.820. The van der Waals surface area contributed by atoms with Crippen LogP contribution in [0.4, 0.5) is 13.2 Å². The van der Waals surface area contributed by atoms with E-state index in [1.807, 2.05) is 0 Å². The smallest absolute Gasteiger partial charge is 0.311 e. The lowest BCUT2D eigenvalue weighted by Gasteiger charge is -2.20. The molecule has 92 valence electrons. The molecule has 1 aliphatic carbocycles. The van der Waals surface area contributed by atoms with E-state index in [1.165, 1.54) is 0 Å². The summed E-state index contributed by atoms with van der Waals surface area (Å²) in [5.41, 5.74) is 2.11. The van der Waals surface area contributed by atoms with E-state index in [9.17, 15) is 13.2 Å². The molecule has 1 saturated carbocycles. The van der Waals surface area contributed by atoms with E-state index in [0.29, 0.717) is 17.9 Å². The van der Waals surface area contributed by atoms with E-state index in [2.05, 4.69) is 15.3 Å². The van der Waals surface area contributed by atoms with Gasteiger partial charge in [-0.1, -0.05) is 0 Å². The Kier molecular flexibility index (Phi) is 2.36. The molecule has 0 aromatic carbocycles. The number of halogens is 3. The molecule has 0 spiro atoms. The van der Waals surface area contributed by atoms with Crippen LogP contribution < -0.4 is 5.32 Å². The predicted molar refractivity (Wildman–Crippen MR) is 54.4 cm³/mol. The van der Waals surface area contributed by atoms with Gasteiger partial charge in [0.05, 0.1) is 11.4 Å². The molecule has 1 aromatic heterocycles. The summed E-state index contributed by atoms with van der Waals surface area (Å²) in [6, 6.07) is 0. The molecule has 0 atom stereocenters. The molecule has 1 aliphatic heterocycles. The van der Waals surface area contributed by atoms with Gasteiger partial charge < -0.3 is 5.32 Å². The van der Waals surface area contributed by atoms with Crippen LogP contribution in [0.2, 0.25) is 0 Å². The van der Waals surface area contributed by atoms with E-state index < -0.39 is 12.0 Å². The van der Waals surface area contributed by atoms with Gasteiger partial charge in [-0.3, -0.25) is 0 Å². The third-order valence-corrected chi connectivity index (χ3v) is 3.19. The minimum atomic E-state index is -4.45. The fraction of sp³-hybridized carbons (Fsp3) is 0.636. The summed E-state index contributed by atoms with van der Waals surface area (Å²) in [5, 5.41) is 3.05. The molecule has 0 radical (unpaired) electrons. The average Bonchev–Trinajstić information content (AvgIpc) is 3.10. The van der Waals surface area contributed by atoms with Crippen molar-refractivity contribution in [1.29, 1.82) is 0 Å². The Morgan fingerprint density at radius 2 is 1.94 bits per heavy atom. The van der Waals surface area contributed by atoms with Crippen LogP contribution in [-0.4, -0.2) is 16.5 Å². The van der Waals surface area contributed by atoms with Crippen molar-refractivity contribution >= 4 is 0 Å². The Balaban J connectivity index is 2.11. The summed E-state index contributed by atoms with van der Waals surface area (Å²) >= 11 is 0. The van der Waals surface area contributed by atoms with Crippen LogP contribution >= 0.6 is 0 Å². The highest BCUT2D eigenvalue weighted by Crippen LogP contribution is 2.42. The number of hydrogen-bond acceptors (Lipinski definition) is 3. The zero-order valence-electron chi connectivity index (χ0n) is 9.14. The van der Waals surface area contributed by atoms with E-state index in [0.717, 1.165) is 31.4 Å². The molecule has 0 amide bonds. The summed E-state index contributed by atoms with van der Waals surface area (Å²) in [4.78, 5) is 7.41. The molecular formula is C11H12F3N3. The lowest BCUT2D eigenvalue weighted by atomic mass is 10.0. The predicted octanol–water partition coefficient (Wildman–Crippen LogP) is 2.02. The average molecular weight is 243 g/mol. The standard InChI is InChI=1S/C11H12F3N3/c12-11(13,14)10-16-8-5-15-4-3-7(8)9(17-10)6-1-2-6/h6,15H,1-5H2.